The Kier molecular flexibility index (Phi) is 8.12. The number of rotatable bonds is 10. The molecule has 0 aliphatic heterocycles. The topological polar surface area (TPSA) is 86.6 Å². The van der Waals surface area contributed by atoms with Gasteiger partial charge in [0.1, 0.15) is 11.5 Å². The average Bonchev–Trinajstić information content (AvgIpc) is 2.50. The Bertz CT molecular complexity index is 442. The van der Waals surface area contributed by atoms with Crippen molar-refractivity contribution in [2.45, 2.75) is 51.4 Å². The summed E-state index contributed by atoms with van der Waals surface area (Å²) in [5.41, 5.74) is 2.72. The summed E-state index contributed by atoms with van der Waals surface area (Å²) >= 11 is 0. The fourth-order valence-electron chi connectivity index (χ4n) is 2.10. The number of amides is 1. The number of aryl methyl sites for hydroxylation is 1. The fourth-order valence-corrected chi connectivity index (χ4v) is 2.10. The lowest BCUT2D eigenvalue weighted by Gasteiger charge is -2.03. The first kappa shape index (κ1) is 17.2. The van der Waals surface area contributed by atoms with Crippen molar-refractivity contribution in [3.05, 3.63) is 29.8 Å². The number of benzene rings is 1. The molecule has 0 aliphatic carbocycles. The van der Waals surface area contributed by atoms with Crippen LogP contribution in [0.3, 0.4) is 0 Å². The normalized spacial score (nSPS) is 10.3. The minimum absolute atomic E-state index is 0.0518. The van der Waals surface area contributed by atoms with Crippen LogP contribution in [0, 0.1) is 0 Å². The van der Waals surface area contributed by atoms with E-state index in [2.05, 4.69) is 0 Å². The molecule has 1 aromatic carbocycles. The number of carbonyl (C=O) groups is 2. The number of phenolic OH excluding ortho intramolecular Hbond substituents is 1. The molecule has 1 amide bonds. The lowest BCUT2D eigenvalue weighted by atomic mass is 10.0. The Morgan fingerprint density at radius 2 is 1.57 bits per heavy atom. The van der Waals surface area contributed by atoms with Gasteiger partial charge < -0.3 is 5.11 Å². The second kappa shape index (κ2) is 9.94. The van der Waals surface area contributed by atoms with Gasteiger partial charge in [0.15, 0.2) is 0 Å². The van der Waals surface area contributed by atoms with Gasteiger partial charge in [0, 0.05) is 19.3 Å². The molecule has 0 atom stereocenters. The first-order valence-corrected chi connectivity index (χ1v) is 7.34. The minimum Gasteiger partial charge on any atom is -0.508 e. The number of hydrogen-bond donors (Lipinski definition) is 3. The number of hydroxylamine groups is 1. The number of nitrogens with one attached hydrogen (secondary N) is 1. The molecule has 0 unspecified atom stereocenters. The van der Waals surface area contributed by atoms with Crippen molar-refractivity contribution in [1.82, 2.24) is 5.48 Å². The van der Waals surface area contributed by atoms with E-state index in [1.165, 1.54) is 11.0 Å². The van der Waals surface area contributed by atoms with E-state index in [1.807, 2.05) is 12.1 Å². The van der Waals surface area contributed by atoms with Gasteiger partial charge in [-0.25, -0.2) is 5.48 Å². The highest BCUT2D eigenvalue weighted by molar-refractivity contribution is 5.84. The second-order valence-electron chi connectivity index (χ2n) is 5.15. The van der Waals surface area contributed by atoms with Crippen LogP contribution in [0.5, 0.6) is 5.75 Å². The second-order valence-corrected chi connectivity index (χ2v) is 5.15. The van der Waals surface area contributed by atoms with Crippen LogP contribution in [0.1, 0.15) is 50.5 Å². The van der Waals surface area contributed by atoms with E-state index in [1.54, 1.807) is 12.1 Å². The number of Topliss-reactive ketones (excluding diaryl/α,β-unsaturated/α-hetero) is 1. The van der Waals surface area contributed by atoms with E-state index in [0.29, 0.717) is 6.42 Å². The van der Waals surface area contributed by atoms with Crippen molar-refractivity contribution < 1.29 is 19.9 Å². The first-order chi connectivity index (χ1) is 10.1. The van der Waals surface area contributed by atoms with Gasteiger partial charge in [-0.1, -0.05) is 25.0 Å². The average molecular weight is 293 g/mol. The number of ketones is 1. The maximum Gasteiger partial charge on any atom is 0.243 e. The van der Waals surface area contributed by atoms with Crippen LogP contribution in [0.25, 0.3) is 0 Å². The van der Waals surface area contributed by atoms with Gasteiger partial charge in [0.05, 0.1) is 0 Å². The molecule has 0 fully saturated rings. The van der Waals surface area contributed by atoms with Crippen LogP contribution in [-0.2, 0) is 16.0 Å². The zero-order chi connectivity index (χ0) is 15.5. The van der Waals surface area contributed by atoms with Crippen molar-refractivity contribution in [2.24, 2.45) is 0 Å². The number of hydrogen-bond acceptors (Lipinski definition) is 4. The summed E-state index contributed by atoms with van der Waals surface area (Å²) in [5.74, 6) is -0.165. The van der Waals surface area contributed by atoms with Gasteiger partial charge in [-0.05, 0) is 37.0 Å². The molecule has 0 aromatic heterocycles. The molecule has 5 heteroatoms. The standard InChI is InChI=1S/C16H23NO4/c18-14(11-12-16(20)17-21)6-4-2-1-3-5-13-7-9-15(19)10-8-13/h7-10,19,21H,1-6,11-12H2,(H,17,20). The molecule has 21 heavy (non-hydrogen) atoms. The van der Waals surface area contributed by atoms with Crippen molar-refractivity contribution in [1.29, 1.82) is 0 Å². The molecule has 0 saturated heterocycles. The van der Waals surface area contributed by atoms with E-state index >= 15 is 0 Å². The summed E-state index contributed by atoms with van der Waals surface area (Å²) in [6, 6.07) is 7.23. The summed E-state index contributed by atoms with van der Waals surface area (Å²) < 4.78 is 0. The molecule has 116 valence electrons. The highest BCUT2D eigenvalue weighted by Gasteiger charge is 2.05. The lowest BCUT2D eigenvalue weighted by molar-refractivity contribution is -0.131. The van der Waals surface area contributed by atoms with E-state index < -0.39 is 5.91 Å². The molecule has 0 bridgehead atoms. The predicted molar refractivity (Wildman–Crippen MR) is 79.1 cm³/mol. The minimum atomic E-state index is -0.516. The highest BCUT2D eigenvalue weighted by atomic mass is 16.5. The fraction of sp³-hybridized carbons (Fsp3) is 0.500. The van der Waals surface area contributed by atoms with Gasteiger partial charge in [-0.2, -0.15) is 0 Å². The van der Waals surface area contributed by atoms with Crippen LogP contribution >= 0.6 is 0 Å². The van der Waals surface area contributed by atoms with Crippen LogP contribution < -0.4 is 5.48 Å². The quantitative estimate of drug-likeness (QED) is 0.352. The van der Waals surface area contributed by atoms with Crippen LogP contribution in [0.15, 0.2) is 24.3 Å². The summed E-state index contributed by atoms with van der Waals surface area (Å²) in [4.78, 5) is 22.2. The Morgan fingerprint density at radius 3 is 2.24 bits per heavy atom. The Hall–Kier alpha value is -1.88. The van der Waals surface area contributed by atoms with E-state index in [4.69, 9.17) is 5.21 Å². The molecule has 0 saturated carbocycles. The van der Waals surface area contributed by atoms with Gasteiger partial charge in [-0.3, -0.25) is 14.8 Å². The maximum atomic E-state index is 11.5. The molecular formula is C16H23NO4. The van der Waals surface area contributed by atoms with Gasteiger partial charge in [0.2, 0.25) is 5.91 Å². The number of carbonyl (C=O) groups excluding carboxylic acids is 2. The highest BCUT2D eigenvalue weighted by Crippen LogP contribution is 2.13. The zero-order valence-electron chi connectivity index (χ0n) is 12.2. The summed E-state index contributed by atoms with van der Waals surface area (Å²) in [6.07, 6.45) is 5.68. The van der Waals surface area contributed by atoms with Gasteiger partial charge in [-0.15, -0.1) is 0 Å². The van der Waals surface area contributed by atoms with Crippen molar-refractivity contribution >= 4 is 11.7 Å². The summed E-state index contributed by atoms with van der Waals surface area (Å²) in [5, 5.41) is 17.5. The van der Waals surface area contributed by atoms with Crippen molar-refractivity contribution in [3.8, 4) is 5.75 Å². The SMILES string of the molecule is O=C(CCCCCCc1ccc(O)cc1)CCC(=O)NO. The maximum absolute atomic E-state index is 11.5. The Morgan fingerprint density at radius 1 is 0.905 bits per heavy atom. The Labute approximate surface area is 124 Å². The molecule has 3 N–H and O–H groups in total. The first-order valence-electron chi connectivity index (χ1n) is 7.34. The summed E-state index contributed by atoms with van der Waals surface area (Å²) in [6.45, 7) is 0. The van der Waals surface area contributed by atoms with Crippen molar-refractivity contribution in [3.63, 3.8) is 0 Å². The third kappa shape index (κ3) is 8.09. The number of aromatic hydroxyl groups is 1. The van der Waals surface area contributed by atoms with Gasteiger partial charge >= 0.3 is 0 Å². The van der Waals surface area contributed by atoms with E-state index in [9.17, 15) is 14.7 Å². The molecule has 0 aliphatic rings. The number of unbranched alkanes of at least 4 members (excludes halogenated alkanes) is 3. The predicted octanol–water partition coefficient (Wildman–Crippen LogP) is 2.74. The molecule has 1 rings (SSSR count). The van der Waals surface area contributed by atoms with Crippen LogP contribution in [0.4, 0.5) is 0 Å². The third-order valence-corrected chi connectivity index (χ3v) is 3.36. The van der Waals surface area contributed by atoms with Crippen LogP contribution in [0.2, 0.25) is 0 Å². The number of phenols is 1. The van der Waals surface area contributed by atoms with Crippen molar-refractivity contribution in [2.75, 3.05) is 0 Å². The molecule has 0 spiro atoms. The zero-order valence-corrected chi connectivity index (χ0v) is 12.2. The molecule has 0 heterocycles. The third-order valence-electron chi connectivity index (χ3n) is 3.36. The summed E-state index contributed by atoms with van der Waals surface area (Å²) in [7, 11) is 0. The Balaban J connectivity index is 2.00. The van der Waals surface area contributed by atoms with E-state index in [0.717, 1.165) is 32.1 Å². The van der Waals surface area contributed by atoms with Gasteiger partial charge in [0.25, 0.3) is 0 Å². The molecule has 1 aromatic rings. The molecule has 0 radical (unpaired) electrons. The largest absolute Gasteiger partial charge is 0.508 e. The molecular weight excluding hydrogens is 270 g/mol. The smallest absolute Gasteiger partial charge is 0.243 e. The van der Waals surface area contributed by atoms with Crippen LogP contribution in [-0.4, -0.2) is 22.0 Å². The van der Waals surface area contributed by atoms with E-state index in [-0.39, 0.29) is 24.4 Å². The molecule has 5 nitrogen and oxygen atoms in total. The monoisotopic (exact) mass is 293 g/mol. The lowest BCUT2D eigenvalue weighted by Crippen LogP contribution is -2.19.